The van der Waals surface area contributed by atoms with E-state index in [-0.39, 0.29) is 0 Å². The van der Waals surface area contributed by atoms with Crippen molar-refractivity contribution in [3.63, 3.8) is 0 Å². The molecule has 0 aliphatic carbocycles. The van der Waals surface area contributed by atoms with Gasteiger partial charge in [0.25, 0.3) is 0 Å². The molecule has 0 bridgehead atoms. The summed E-state index contributed by atoms with van der Waals surface area (Å²) in [5.74, 6) is 0.854. The molecule has 0 atom stereocenters. The summed E-state index contributed by atoms with van der Waals surface area (Å²) >= 11 is 3.58. The quantitative estimate of drug-likeness (QED) is 0.455. The minimum atomic E-state index is 0.854. The van der Waals surface area contributed by atoms with E-state index in [2.05, 4.69) is 47.9 Å². The van der Waals surface area contributed by atoms with Crippen LogP contribution in [0.1, 0.15) is 18.1 Å². The molecular weight excluding hydrogens is 400 g/mol. The zero-order valence-electron chi connectivity index (χ0n) is 16.9. The first-order chi connectivity index (χ1) is 14.2. The molecule has 29 heavy (non-hydrogen) atoms. The Morgan fingerprint density at radius 1 is 0.966 bits per heavy atom. The highest BCUT2D eigenvalue weighted by Gasteiger charge is 2.23. The lowest BCUT2D eigenvalue weighted by molar-refractivity contribution is 0.419. The van der Waals surface area contributed by atoms with E-state index in [9.17, 15) is 0 Å². The van der Waals surface area contributed by atoms with E-state index in [0.717, 1.165) is 59.6 Å². The van der Waals surface area contributed by atoms with Crippen LogP contribution in [0, 0.1) is 6.92 Å². The van der Waals surface area contributed by atoms with Gasteiger partial charge in [0.2, 0.25) is 0 Å². The van der Waals surface area contributed by atoms with Gasteiger partial charge in [0.05, 0.1) is 22.0 Å². The van der Waals surface area contributed by atoms with E-state index < -0.39 is 0 Å². The number of methoxy groups -OCH3 is 1. The van der Waals surface area contributed by atoms with Crippen molar-refractivity contribution in [2.75, 3.05) is 43.1 Å². The molecule has 7 heteroatoms. The highest BCUT2D eigenvalue weighted by atomic mass is 32.1. The van der Waals surface area contributed by atoms with Crippen molar-refractivity contribution in [3.8, 4) is 5.75 Å². The number of ether oxygens (including phenoxy) is 1. The average molecular weight is 425 g/mol. The molecule has 5 rings (SSSR count). The SMILES string of the molecule is CCc1ccc2nc(N3CCN(c4nc5c(OC)ccc(C)c5s4)CC3)sc2c1. The average Bonchev–Trinajstić information content (AvgIpc) is 3.39. The molecule has 0 saturated carbocycles. The summed E-state index contributed by atoms with van der Waals surface area (Å²) in [6.45, 7) is 8.17. The zero-order valence-corrected chi connectivity index (χ0v) is 18.6. The first-order valence-electron chi connectivity index (χ1n) is 9.99. The van der Waals surface area contributed by atoms with Crippen molar-refractivity contribution in [3.05, 3.63) is 41.5 Å². The number of hydrogen-bond donors (Lipinski definition) is 0. The fraction of sp³-hybridized carbons (Fsp3) is 0.364. The molecule has 2 aromatic carbocycles. The number of benzene rings is 2. The molecule has 5 nitrogen and oxygen atoms in total. The predicted molar refractivity (Wildman–Crippen MR) is 124 cm³/mol. The van der Waals surface area contributed by atoms with Gasteiger partial charge in [-0.1, -0.05) is 41.7 Å². The number of thiazole rings is 2. The van der Waals surface area contributed by atoms with Crippen LogP contribution in [0.3, 0.4) is 0 Å². The fourth-order valence-corrected chi connectivity index (χ4v) is 5.98. The molecule has 0 N–H and O–H groups in total. The van der Waals surface area contributed by atoms with Crippen LogP contribution < -0.4 is 14.5 Å². The normalized spacial score (nSPS) is 14.9. The van der Waals surface area contributed by atoms with Crippen LogP contribution in [0.25, 0.3) is 20.4 Å². The second kappa shape index (κ2) is 7.46. The monoisotopic (exact) mass is 424 g/mol. The molecule has 0 radical (unpaired) electrons. The van der Waals surface area contributed by atoms with Gasteiger partial charge in [0, 0.05) is 26.2 Å². The first kappa shape index (κ1) is 18.6. The van der Waals surface area contributed by atoms with Crippen LogP contribution in [0.2, 0.25) is 0 Å². The van der Waals surface area contributed by atoms with E-state index in [1.807, 2.05) is 17.4 Å². The van der Waals surface area contributed by atoms with E-state index in [1.165, 1.54) is 20.5 Å². The Hall–Kier alpha value is -2.38. The van der Waals surface area contributed by atoms with Gasteiger partial charge in [-0.3, -0.25) is 0 Å². The van der Waals surface area contributed by atoms with Crippen LogP contribution >= 0.6 is 22.7 Å². The number of aromatic nitrogens is 2. The van der Waals surface area contributed by atoms with Crippen LogP contribution in [-0.4, -0.2) is 43.3 Å². The molecular formula is C22H24N4OS2. The summed E-state index contributed by atoms with van der Waals surface area (Å²) in [7, 11) is 1.71. The smallest absolute Gasteiger partial charge is 0.186 e. The third-order valence-corrected chi connectivity index (χ3v) is 7.91. The standard InChI is InChI=1S/C22H24N4OS2/c1-4-15-6-7-16-18(13-15)28-21(23-16)25-9-11-26(12-10-25)22-24-19-17(27-3)8-5-14(2)20(19)29-22/h5-8,13H,4,9-12H2,1-3H3. The maximum Gasteiger partial charge on any atom is 0.186 e. The molecule has 1 fully saturated rings. The lowest BCUT2D eigenvalue weighted by Crippen LogP contribution is -2.46. The van der Waals surface area contributed by atoms with Gasteiger partial charge >= 0.3 is 0 Å². The Bertz CT molecular complexity index is 1170. The maximum absolute atomic E-state index is 5.51. The highest BCUT2D eigenvalue weighted by Crippen LogP contribution is 2.37. The second-order valence-corrected chi connectivity index (χ2v) is 9.37. The number of fused-ring (bicyclic) bond motifs is 2. The van der Waals surface area contributed by atoms with Crippen molar-refractivity contribution in [1.82, 2.24) is 9.97 Å². The summed E-state index contributed by atoms with van der Waals surface area (Å²) in [5.41, 5.74) is 4.72. The molecule has 2 aromatic heterocycles. The first-order valence-corrected chi connectivity index (χ1v) is 11.6. The summed E-state index contributed by atoms with van der Waals surface area (Å²) in [6.07, 6.45) is 1.06. The van der Waals surface area contributed by atoms with Gasteiger partial charge in [0.1, 0.15) is 11.3 Å². The number of anilines is 2. The van der Waals surface area contributed by atoms with Crippen LogP contribution in [0.15, 0.2) is 30.3 Å². The van der Waals surface area contributed by atoms with Crippen LogP contribution in [0.5, 0.6) is 5.75 Å². The molecule has 150 valence electrons. The third-order valence-electron chi connectivity index (χ3n) is 5.58. The van der Waals surface area contributed by atoms with Crippen LogP contribution in [0.4, 0.5) is 10.3 Å². The molecule has 4 aromatic rings. The second-order valence-electron chi connectivity index (χ2n) is 7.39. The molecule has 1 aliphatic heterocycles. The Morgan fingerprint density at radius 2 is 1.69 bits per heavy atom. The predicted octanol–water partition coefficient (Wildman–Crippen LogP) is 5.11. The molecule has 0 amide bonds. The lowest BCUT2D eigenvalue weighted by Gasteiger charge is -2.34. The minimum absolute atomic E-state index is 0.854. The molecule has 1 saturated heterocycles. The van der Waals surface area contributed by atoms with Gasteiger partial charge in [0.15, 0.2) is 10.3 Å². The summed E-state index contributed by atoms with van der Waals surface area (Å²) < 4.78 is 8.02. The maximum atomic E-state index is 5.51. The number of nitrogens with zero attached hydrogens (tertiary/aromatic N) is 4. The van der Waals surface area contributed by atoms with Gasteiger partial charge in [-0.05, 0) is 42.7 Å². The summed E-state index contributed by atoms with van der Waals surface area (Å²) in [4.78, 5) is 14.6. The minimum Gasteiger partial charge on any atom is -0.494 e. The Balaban J connectivity index is 1.35. The van der Waals surface area contributed by atoms with Crippen molar-refractivity contribution in [2.45, 2.75) is 20.3 Å². The zero-order chi connectivity index (χ0) is 20.0. The largest absolute Gasteiger partial charge is 0.494 e. The Labute approximate surface area is 178 Å². The van der Waals surface area contributed by atoms with Gasteiger partial charge in [-0.15, -0.1) is 0 Å². The van der Waals surface area contributed by atoms with Crippen molar-refractivity contribution in [1.29, 1.82) is 0 Å². The molecule has 0 spiro atoms. The Kier molecular flexibility index (Phi) is 4.80. The summed E-state index contributed by atoms with van der Waals surface area (Å²) in [5, 5.41) is 2.22. The Morgan fingerprint density at radius 3 is 2.38 bits per heavy atom. The van der Waals surface area contributed by atoms with Crippen molar-refractivity contribution >= 4 is 53.4 Å². The van der Waals surface area contributed by atoms with E-state index in [4.69, 9.17) is 14.7 Å². The van der Waals surface area contributed by atoms with Crippen molar-refractivity contribution < 1.29 is 4.74 Å². The van der Waals surface area contributed by atoms with Gasteiger partial charge in [-0.25, -0.2) is 9.97 Å². The highest BCUT2D eigenvalue weighted by molar-refractivity contribution is 7.22. The molecule has 1 aliphatic rings. The van der Waals surface area contributed by atoms with Gasteiger partial charge < -0.3 is 14.5 Å². The lowest BCUT2D eigenvalue weighted by atomic mass is 10.2. The number of piperazine rings is 1. The summed E-state index contributed by atoms with van der Waals surface area (Å²) in [6, 6.07) is 10.7. The third kappa shape index (κ3) is 3.32. The van der Waals surface area contributed by atoms with E-state index in [1.54, 1.807) is 18.4 Å². The fourth-order valence-electron chi connectivity index (χ4n) is 3.80. The molecule has 0 unspecified atom stereocenters. The topological polar surface area (TPSA) is 41.5 Å². The van der Waals surface area contributed by atoms with E-state index in [0.29, 0.717) is 0 Å². The van der Waals surface area contributed by atoms with Gasteiger partial charge in [-0.2, -0.15) is 0 Å². The van der Waals surface area contributed by atoms with E-state index >= 15 is 0 Å². The number of hydrogen-bond acceptors (Lipinski definition) is 7. The molecule has 3 heterocycles. The number of rotatable bonds is 4. The van der Waals surface area contributed by atoms with Crippen LogP contribution in [-0.2, 0) is 6.42 Å². The van der Waals surface area contributed by atoms with Crippen molar-refractivity contribution in [2.24, 2.45) is 0 Å². The number of aryl methyl sites for hydroxylation is 2.